The number of aromatic nitrogens is 2. The summed E-state index contributed by atoms with van der Waals surface area (Å²) in [5, 5.41) is 2.27. The molecule has 2 aliphatic rings. The van der Waals surface area contributed by atoms with Gasteiger partial charge in [-0.05, 0) is 35.7 Å². The highest BCUT2D eigenvalue weighted by atomic mass is 16.2. The van der Waals surface area contributed by atoms with Crippen LogP contribution in [0.3, 0.4) is 0 Å². The summed E-state index contributed by atoms with van der Waals surface area (Å²) >= 11 is 0. The van der Waals surface area contributed by atoms with E-state index in [0.717, 1.165) is 46.9 Å². The molecule has 0 aliphatic carbocycles. The van der Waals surface area contributed by atoms with E-state index in [4.69, 9.17) is 0 Å². The van der Waals surface area contributed by atoms with Gasteiger partial charge in [0.15, 0.2) is 0 Å². The van der Waals surface area contributed by atoms with Crippen LogP contribution in [0.5, 0.6) is 0 Å². The second-order valence-electron chi connectivity index (χ2n) is 6.65. The first-order valence-corrected chi connectivity index (χ1v) is 8.41. The van der Waals surface area contributed by atoms with Crippen molar-refractivity contribution in [2.75, 3.05) is 0 Å². The molecule has 1 aromatic heterocycles. The van der Waals surface area contributed by atoms with E-state index in [2.05, 4.69) is 27.0 Å². The number of rotatable bonds is 1. The van der Waals surface area contributed by atoms with Gasteiger partial charge in [-0.2, -0.15) is 0 Å². The molecule has 2 bridgehead atoms. The molecule has 4 nitrogen and oxygen atoms in total. The summed E-state index contributed by atoms with van der Waals surface area (Å²) in [6.45, 7) is 0. The summed E-state index contributed by atoms with van der Waals surface area (Å²) in [6.07, 6.45) is 6.38. The molecule has 2 aromatic carbocycles. The molecule has 4 heteroatoms. The Labute approximate surface area is 140 Å². The number of benzene rings is 2. The van der Waals surface area contributed by atoms with Gasteiger partial charge in [0.05, 0.1) is 11.7 Å². The second kappa shape index (κ2) is 5.13. The summed E-state index contributed by atoms with van der Waals surface area (Å²) in [6, 6.07) is 14.5. The van der Waals surface area contributed by atoms with Crippen molar-refractivity contribution in [2.24, 2.45) is 0 Å². The van der Waals surface area contributed by atoms with E-state index in [9.17, 15) is 4.79 Å². The minimum atomic E-state index is 0.124. The van der Waals surface area contributed by atoms with E-state index >= 15 is 0 Å². The maximum Gasteiger partial charge on any atom is 0.254 e. The fourth-order valence-corrected chi connectivity index (χ4v) is 4.21. The van der Waals surface area contributed by atoms with E-state index in [1.165, 1.54) is 0 Å². The lowest BCUT2D eigenvalue weighted by atomic mass is 9.97. The van der Waals surface area contributed by atoms with Crippen LogP contribution < -0.4 is 0 Å². The molecule has 1 amide bonds. The number of amides is 1. The number of carbonyl (C=O) groups excluding carboxylic acids is 1. The van der Waals surface area contributed by atoms with Crippen molar-refractivity contribution in [1.29, 1.82) is 0 Å². The van der Waals surface area contributed by atoms with E-state index in [1.807, 2.05) is 36.5 Å². The van der Waals surface area contributed by atoms with Gasteiger partial charge in [0.1, 0.15) is 6.33 Å². The van der Waals surface area contributed by atoms with Crippen molar-refractivity contribution in [3.05, 3.63) is 71.8 Å². The van der Waals surface area contributed by atoms with Gasteiger partial charge in [-0.15, -0.1) is 0 Å². The third kappa shape index (κ3) is 1.96. The molecule has 5 rings (SSSR count). The summed E-state index contributed by atoms with van der Waals surface area (Å²) in [7, 11) is 0. The first kappa shape index (κ1) is 13.7. The van der Waals surface area contributed by atoms with Gasteiger partial charge in [0, 0.05) is 29.8 Å². The van der Waals surface area contributed by atoms with Crippen LogP contribution >= 0.6 is 0 Å². The number of nitrogens with zero attached hydrogens (tertiary/aromatic N) is 3. The van der Waals surface area contributed by atoms with Crippen LogP contribution in [0.4, 0.5) is 0 Å². The topological polar surface area (TPSA) is 46.1 Å². The van der Waals surface area contributed by atoms with Crippen molar-refractivity contribution in [3.63, 3.8) is 0 Å². The zero-order valence-corrected chi connectivity index (χ0v) is 13.2. The molecule has 118 valence electrons. The van der Waals surface area contributed by atoms with Crippen molar-refractivity contribution in [1.82, 2.24) is 14.9 Å². The SMILES string of the molecule is O=C(c1ccc2ccccc2c1)N1C2CCC1c1cncnc1C2. The summed E-state index contributed by atoms with van der Waals surface area (Å²) in [5.74, 6) is 0.128. The van der Waals surface area contributed by atoms with E-state index in [0.29, 0.717) is 0 Å². The van der Waals surface area contributed by atoms with Crippen molar-refractivity contribution in [3.8, 4) is 0 Å². The van der Waals surface area contributed by atoms with Crippen LogP contribution in [0, 0.1) is 0 Å². The Bertz CT molecular complexity index is 952. The molecular weight excluding hydrogens is 298 g/mol. The third-order valence-corrected chi connectivity index (χ3v) is 5.35. The van der Waals surface area contributed by atoms with Crippen molar-refractivity contribution < 1.29 is 4.79 Å². The lowest BCUT2D eigenvalue weighted by Crippen LogP contribution is -2.42. The van der Waals surface area contributed by atoms with Gasteiger partial charge in [0.25, 0.3) is 5.91 Å². The zero-order valence-electron chi connectivity index (χ0n) is 13.2. The fraction of sp³-hybridized carbons (Fsp3) is 0.250. The van der Waals surface area contributed by atoms with Gasteiger partial charge < -0.3 is 4.90 Å². The lowest BCUT2D eigenvalue weighted by Gasteiger charge is -2.35. The predicted octanol–water partition coefficient (Wildman–Crippen LogP) is 3.53. The Hall–Kier alpha value is -2.75. The van der Waals surface area contributed by atoms with Gasteiger partial charge in [-0.1, -0.05) is 30.3 Å². The van der Waals surface area contributed by atoms with Gasteiger partial charge in [-0.25, -0.2) is 9.97 Å². The maximum atomic E-state index is 13.2. The number of carbonyl (C=O) groups is 1. The first-order valence-electron chi connectivity index (χ1n) is 8.41. The number of hydrogen-bond acceptors (Lipinski definition) is 3. The van der Waals surface area contributed by atoms with E-state index < -0.39 is 0 Å². The standard InChI is InChI=1S/C20H17N3O/c24-20(15-6-5-13-3-1-2-4-14(13)9-15)23-16-7-8-19(23)17-11-21-12-22-18(17)10-16/h1-6,9,11-12,16,19H,7-8,10H2. The molecule has 1 fully saturated rings. The number of fused-ring (bicyclic) bond motifs is 5. The number of hydrogen-bond donors (Lipinski definition) is 0. The maximum absolute atomic E-state index is 13.2. The largest absolute Gasteiger partial charge is 0.328 e. The van der Waals surface area contributed by atoms with Gasteiger partial charge >= 0.3 is 0 Å². The highest BCUT2D eigenvalue weighted by molar-refractivity contribution is 5.99. The van der Waals surface area contributed by atoms with E-state index in [-0.39, 0.29) is 18.0 Å². The fourth-order valence-electron chi connectivity index (χ4n) is 4.21. The Kier molecular flexibility index (Phi) is 2.92. The van der Waals surface area contributed by atoms with E-state index in [1.54, 1.807) is 6.33 Å². The summed E-state index contributed by atoms with van der Waals surface area (Å²) < 4.78 is 0. The predicted molar refractivity (Wildman–Crippen MR) is 91.6 cm³/mol. The second-order valence-corrected chi connectivity index (χ2v) is 6.65. The van der Waals surface area contributed by atoms with Crippen molar-refractivity contribution >= 4 is 16.7 Å². The van der Waals surface area contributed by atoms with Crippen LogP contribution in [0.15, 0.2) is 55.0 Å². The van der Waals surface area contributed by atoms with Gasteiger partial charge in [0.2, 0.25) is 0 Å². The monoisotopic (exact) mass is 315 g/mol. The molecule has 2 atom stereocenters. The molecule has 24 heavy (non-hydrogen) atoms. The molecule has 0 spiro atoms. The average molecular weight is 315 g/mol. The Balaban J connectivity index is 1.55. The molecule has 0 N–H and O–H groups in total. The average Bonchev–Trinajstić information content (AvgIpc) is 2.95. The van der Waals surface area contributed by atoms with Crippen LogP contribution in [-0.2, 0) is 6.42 Å². The van der Waals surface area contributed by atoms with Crippen LogP contribution in [0.2, 0.25) is 0 Å². The lowest BCUT2D eigenvalue weighted by molar-refractivity contribution is 0.0644. The van der Waals surface area contributed by atoms with Crippen LogP contribution in [0.1, 0.15) is 40.5 Å². The summed E-state index contributed by atoms with van der Waals surface area (Å²) in [5.41, 5.74) is 3.01. The molecular formula is C20H17N3O. The molecule has 0 radical (unpaired) electrons. The molecule has 1 saturated heterocycles. The summed E-state index contributed by atoms with van der Waals surface area (Å²) in [4.78, 5) is 23.9. The van der Waals surface area contributed by atoms with Crippen LogP contribution in [-0.4, -0.2) is 26.8 Å². The Morgan fingerprint density at radius 3 is 2.88 bits per heavy atom. The van der Waals surface area contributed by atoms with Gasteiger partial charge in [-0.3, -0.25) is 4.79 Å². The zero-order chi connectivity index (χ0) is 16.1. The molecule has 0 saturated carbocycles. The normalized spacial score (nSPS) is 21.8. The molecule has 2 aliphatic heterocycles. The van der Waals surface area contributed by atoms with Crippen molar-refractivity contribution in [2.45, 2.75) is 31.3 Å². The smallest absolute Gasteiger partial charge is 0.254 e. The molecule has 2 unspecified atom stereocenters. The molecule has 3 aromatic rings. The first-order chi connectivity index (χ1) is 11.8. The molecule has 3 heterocycles. The quantitative estimate of drug-likeness (QED) is 0.690. The highest BCUT2D eigenvalue weighted by Gasteiger charge is 2.43. The minimum absolute atomic E-state index is 0.124. The Morgan fingerprint density at radius 1 is 1.08 bits per heavy atom. The highest BCUT2D eigenvalue weighted by Crippen LogP contribution is 2.43. The minimum Gasteiger partial charge on any atom is -0.328 e. The Morgan fingerprint density at radius 2 is 1.96 bits per heavy atom. The third-order valence-electron chi connectivity index (χ3n) is 5.35. The van der Waals surface area contributed by atoms with Crippen LogP contribution in [0.25, 0.3) is 10.8 Å².